The predicted molar refractivity (Wildman–Crippen MR) is 127 cm³/mol. The van der Waals surface area contributed by atoms with Gasteiger partial charge >= 0.3 is 6.09 Å². The van der Waals surface area contributed by atoms with Crippen LogP contribution in [0.4, 0.5) is 10.5 Å². The zero-order valence-electron chi connectivity index (χ0n) is 19.5. The summed E-state index contributed by atoms with van der Waals surface area (Å²) in [5, 5.41) is 11.6. The molecular formula is C25H28N4O5. The molecule has 0 radical (unpaired) electrons. The Morgan fingerprint density at radius 3 is 2.62 bits per heavy atom. The van der Waals surface area contributed by atoms with Crippen LogP contribution in [0.3, 0.4) is 0 Å². The van der Waals surface area contributed by atoms with E-state index in [1.807, 2.05) is 48.5 Å². The highest BCUT2D eigenvalue weighted by molar-refractivity contribution is 5.89. The first-order valence-electron chi connectivity index (χ1n) is 10.7. The van der Waals surface area contributed by atoms with Crippen LogP contribution in [0.2, 0.25) is 0 Å². The Morgan fingerprint density at radius 2 is 1.94 bits per heavy atom. The highest BCUT2D eigenvalue weighted by atomic mass is 16.5. The number of nitrogens with zero attached hydrogens (tertiary/aromatic N) is 3. The molecule has 34 heavy (non-hydrogen) atoms. The molecule has 2 aromatic rings. The molecule has 1 aliphatic heterocycles. The highest BCUT2D eigenvalue weighted by Gasteiger charge is 2.33. The molecule has 0 saturated heterocycles. The quantitative estimate of drug-likeness (QED) is 0.567. The fourth-order valence-corrected chi connectivity index (χ4v) is 3.76. The van der Waals surface area contributed by atoms with E-state index in [0.29, 0.717) is 23.6 Å². The number of fused-ring (bicyclic) bond motifs is 1. The molecule has 3 rings (SSSR count). The Balaban J connectivity index is 1.94. The number of carbonyl (C=O) groups is 2. The minimum Gasteiger partial charge on any atom is -0.494 e. The van der Waals surface area contributed by atoms with Gasteiger partial charge in [0.1, 0.15) is 5.75 Å². The average molecular weight is 465 g/mol. The highest BCUT2D eigenvalue weighted by Crippen LogP contribution is 2.42. The van der Waals surface area contributed by atoms with Crippen LogP contribution >= 0.6 is 0 Å². The smallest absolute Gasteiger partial charge is 0.411 e. The number of nitrogens with one attached hydrogen (secondary N) is 1. The third kappa shape index (κ3) is 5.92. The van der Waals surface area contributed by atoms with Crippen molar-refractivity contribution in [3.63, 3.8) is 0 Å². The zero-order valence-corrected chi connectivity index (χ0v) is 19.5. The van der Waals surface area contributed by atoms with Crippen LogP contribution in [0.1, 0.15) is 22.7 Å². The van der Waals surface area contributed by atoms with Gasteiger partial charge in [0, 0.05) is 11.8 Å². The molecule has 2 amide bonds. The van der Waals surface area contributed by atoms with E-state index in [0.717, 1.165) is 11.1 Å². The lowest BCUT2D eigenvalue weighted by Crippen LogP contribution is -2.41. The number of rotatable bonds is 9. The molecule has 1 unspecified atom stereocenters. The van der Waals surface area contributed by atoms with Gasteiger partial charge in [0.05, 0.1) is 58.3 Å². The van der Waals surface area contributed by atoms with E-state index in [9.17, 15) is 9.59 Å². The monoisotopic (exact) mass is 464 g/mol. The van der Waals surface area contributed by atoms with E-state index in [1.54, 1.807) is 29.1 Å². The zero-order chi connectivity index (χ0) is 24.5. The van der Waals surface area contributed by atoms with Crippen LogP contribution in [0.15, 0.2) is 48.7 Å². The van der Waals surface area contributed by atoms with Crippen LogP contribution in [-0.2, 0) is 20.9 Å². The van der Waals surface area contributed by atoms with Crippen LogP contribution in [0.25, 0.3) is 6.08 Å². The van der Waals surface area contributed by atoms with Gasteiger partial charge in [0.2, 0.25) is 5.91 Å². The first-order valence-corrected chi connectivity index (χ1v) is 10.7. The molecule has 9 heteroatoms. The second-order valence-corrected chi connectivity index (χ2v) is 7.73. The molecule has 2 aromatic carbocycles. The molecule has 1 heterocycles. The van der Waals surface area contributed by atoms with Crippen molar-refractivity contribution in [2.24, 2.45) is 0 Å². The Kier molecular flexibility index (Phi) is 8.62. The van der Waals surface area contributed by atoms with Crippen LogP contribution in [0, 0.1) is 11.3 Å². The standard InChI is InChI=1S/C25H28N4O5/c1-28(14-12-26)15-22(30)29-13-11-19-9-10-20(27-25(31)33-3)24(32-2)23(19)21(29)17-34-16-18-7-5-4-6-8-18/h4-11,13,21H,14-17H2,1-3H3,(H,27,31). The normalized spacial score (nSPS) is 14.3. The summed E-state index contributed by atoms with van der Waals surface area (Å²) in [7, 11) is 4.50. The summed E-state index contributed by atoms with van der Waals surface area (Å²) in [4.78, 5) is 28.3. The lowest BCUT2D eigenvalue weighted by Gasteiger charge is -2.35. The molecule has 0 spiro atoms. The summed E-state index contributed by atoms with van der Waals surface area (Å²) in [6.45, 7) is 0.754. The van der Waals surface area contributed by atoms with Crippen molar-refractivity contribution in [3.8, 4) is 11.8 Å². The Labute approximate surface area is 199 Å². The van der Waals surface area contributed by atoms with Crippen LogP contribution in [0.5, 0.6) is 5.75 Å². The van der Waals surface area contributed by atoms with Gasteiger partial charge in [-0.2, -0.15) is 5.26 Å². The third-order valence-corrected chi connectivity index (χ3v) is 5.36. The van der Waals surface area contributed by atoms with Gasteiger partial charge in [0.15, 0.2) is 0 Å². The first kappa shape index (κ1) is 24.8. The lowest BCUT2D eigenvalue weighted by atomic mass is 9.94. The van der Waals surface area contributed by atoms with E-state index in [4.69, 9.17) is 19.5 Å². The van der Waals surface area contributed by atoms with Gasteiger partial charge in [-0.25, -0.2) is 4.79 Å². The number of anilines is 1. The number of amides is 2. The van der Waals surface area contributed by atoms with Gasteiger partial charge in [-0.15, -0.1) is 0 Å². The summed E-state index contributed by atoms with van der Waals surface area (Å²) in [6.07, 6.45) is 2.90. The molecule has 1 atom stereocenters. The molecule has 0 bridgehead atoms. The summed E-state index contributed by atoms with van der Waals surface area (Å²) < 4.78 is 16.4. The molecular weight excluding hydrogens is 436 g/mol. The molecule has 0 aromatic heterocycles. The molecule has 1 aliphatic rings. The van der Waals surface area contributed by atoms with Gasteiger partial charge in [-0.3, -0.25) is 15.0 Å². The summed E-state index contributed by atoms with van der Waals surface area (Å²) >= 11 is 0. The number of nitriles is 1. The number of methoxy groups -OCH3 is 2. The molecule has 9 nitrogen and oxygen atoms in total. The number of hydrogen-bond acceptors (Lipinski definition) is 7. The summed E-state index contributed by atoms with van der Waals surface area (Å²) in [5.74, 6) is 0.227. The maximum atomic E-state index is 13.2. The molecule has 0 aliphatic carbocycles. The minimum absolute atomic E-state index is 0.0604. The van der Waals surface area contributed by atoms with Crippen molar-refractivity contribution in [1.29, 1.82) is 5.26 Å². The van der Waals surface area contributed by atoms with Crippen molar-refractivity contribution in [1.82, 2.24) is 9.80 Å². The Bertz CT molecular complexity index is 1080. The number of benzene rings is 2. The van der Waals surface area contributed by atoms with Crippen LogP contribution < -0.4 is 10.1 Å². The topological polar surface area (TPSA) is 104 Å². The van der Waals surface area contributed by atoms with Crippen molar-refractivity contribution in [2.75, 3.05) is 46.3 Å². The van der Waals surface area contributed by atoms with E-state index in [2.05, 4.69) is 5.32 Å². The van der Waals surface area contributed by atoms with Crippen molar-refractivity contribution in [2.45, 2.75) is 12.6 Å². The van der Waals surface area contributed by atoms with E-state index in [1.165, 1.54) is 14.2 Å². The average Bonchev–Trinajstić information content (AvgIpc) is 2.84. The van der Waals surface area contributed by atoms with E-state index < -0.39 is 12.1 Å². The van der Waals surface area contributed by atoms with Crippen molar-refractivity contribution < 1.29 is 23.8 Å². The molecule has 0 fully saturated rings. The van der Waals surface area contributed by atoms with Crippen molar-refractivity contribution in [3.05, 3.63) is 65.4 Å². The fourth-order valence-electron chi connectivity index (χ4n) is 3.76. The molecule has 0 saturated carbocycles. The van der Waals surface area contributed by atoms with Gasteiger partial charge in [0.25, 0.3) is 0 Å². The number of hydrogen-bond donors (Lipinski definition) is 1. The first-order chi connectivity index (χ1) is 16.5. The molecule has 178 valence electrons. The fraction of sp³-hybridized carbons (Fsp3) is 0.320. The maximum Gasteiger partial charge on any atom is 0.411 e. The van der Waals surface area contributed by atoms with E-state index in [-0.39, 0.29) is 25.6 Å². The Hall–Kier alpha value is -3.87. The lowest BCUT2D eigenvalue weighted by molar-refractivity contribution is -0.132. The number of carbonyl (C=O) groups excluding carboxylic acids is 2. The molecule has 1 N–H and O–H groups in total. The number of likely N-dealkylation sites (N-methyl/N-ethyl adjacent to an activating group) is 1. The predicted octanol–water partition coefficient (Wildman–Crippen LogP) is 3.40. The van der Waals surface area contributed by atoms with E-state index >= 15 is 0 Å². The number of ether oxygens (including phenoxy) is 3. The largest absolute Gasteiger partial charge is 0.494 e. The van der Waals surface area contributed by atoms with Gasteiger partial charge < -0.3 is 19.1 Å². The third-order valence-electron chi connectivity index (χ3n) is 5.36. The second-order valence-electron chi connectivity index (χ2n) is 7.73. The summed E-state index contributed by atoms with van der Waals surface area (Å²) in [6, 6.07) is 14.8. The van der Waals surface area contributed by atoms with Gasteiger partial charge in [-0.1, -0.05) is 36.4 Å². The van der Waals surface area contributed by atoms with Gasteiger partial charge in [-0.05, 0) is 30.3 Å². The SMILES string of the molecule is COC(=O)Nc1ccc2c(c1OC)C(COCc1ccccc1)N(C(=O)CN(C)CC#N)C=C2. The summed E-state index contributed by atoms with van der Waals surface area (Å²) in [5.41, 5.74) is 2.98. The minimum atomic E-state index is -0.632. The maximum absolute atomic E-state index is 13.2. The van der Waals surface area contributed by atoms with Crippen molar-refractivity contribution >= 4 is 23.8 Å². The Morgan fingerprint density at radius 1 is 1.18 bits per heavy atom. The van der Waals surface area contributed by atoms with Crippen LogP contribution in [-0.4, -0.2) is 62.8 Å². The second kappa shape index (κ2) is 11.8.